The molecule has 31 heavy (non-hydrogen) atoms. The average molecular weight is 442 g/mol. The van der Waals surface area contributed by atoms with E-state index in [0.29, 0.717) is 17.2 Å². The van der Waals surface area contributed by atoms with Gasteiger partial charge in [0, 0.05) is 12.3 Å². The number of amides is 1. The Morgan fingerprint density at radius 2 is 1.81 bits per heavy atom. The maximum Gasteiger partial charge on any atom is 0.351 e. The number of para-hydroxylation sites is 3. The number of nitrogens with zero attached hydrogens (tertiary/aromatic N) is 2. The summed E-state index contributed by atoms with van der Waals surface area (Å²) in [6.07, 6.45) is -1.44. The van der Waals surface area contributed by atoms with Crippen LogP contribution in [0.15, 0.2) is 53.9 Å². The van der Waals surface area contributed by atoms with E-state index in [9.17, 15) is 14.0 Å². The summed E-state index contributed by atoms with van der Waals surface area (Å²) in [6.45, 7) is 2.93. The number of ether oxygens (including phenoxy) is 3. The Bertz CT molecular complexity index is 1120. The van der Waals surface area contributed by atoms with Gasteiger partial charge in [0.05, 0.1) is 11.4 Å². The molecule has 0 aliphatic carbocycles. The predicted molar refractivity (Wildman–Crippen MR) is 112 cm³/mol. The van der Waals surface area contributed by atoms with Crippen LogP contribution in [0.4, 0.5) is 15.2 Å². The third-order valence-corrected chi connectivity index (χ3v) is 5.45. The van der Waals surface area contributed by atoms with Crippen LogP contribution in [-0.2, 0) is 20.9 Å². The third kappa shape index (κ3) is 4.36. The van der Waals surface area contributed by atoms with Gasteiger partial charge in [-0.1, -0.05) is 24.3 Å². The van der Waals surface area contributed by atoms with E-state index in [0.717, 1.165) is 11.3 Å². The van der Waals surface area contributed by atoms with Crippen molar-refractivity contribution in [1.82, 2.24) is 4.98 Å². The van der Waals surface area contributed by atoms with Crippen LogP contribution in [0.3, 0.4) is 0 Å². The summed E-state index contributed by atoms with van der Waals surface area (Å²) >= 11 is 1.15. The Balaban J connectivity index is 1.44. The van der Waals surface area contributed by atoms with Crippen molar-refractivity contribution in [2.24, 2.45) is 0 Å². The second-order valence-corrected chi connectivity index (χ2v) is 7.68. The molecule has 2 atom stereocenters. The zero-order valence-corrected chi connectivity index (χ0v) is 17.6. The number of anilines is 2. The molecule has 2 heterocycles. The highest BCUT2D eigenvalue weighted by atomic mass is 32.1. The Labute approximate surface area is 182 Å². The van der Waals surface area contributed by atoms with Gasteiger partial charge in [-0.15, -0.1) is 11.3 Å². The maximum absolute atomic E-state index is 14.2. The number of hydrogen-bond donors (Lipinski definition) is 0. The SMILES string of the molecule is CC(=O)N(c1nc(COC(=O)[C@H]2Oc3ccccc3O[C@H]2C)cs1)c1ccccc1F. The van der Waals surface area contributed by atoms with Gasteiger partial charge in [-0.3, -0.25) is 9.69 Å². The molecule has 0 N–H and O–H groups in total. The number of thiazole rings is 1. The first-order chi connectivity index (χ1) is 14.9. The summed E-state index contributed by atoms with van der Waals surface area (Å²) in [6, 6.07) is 13.0. The average Bonchev–Trinajstić information content (AvgIpc) is 3.21. The zero-order chi connectivity index (χ0) is 22.0. The van der Waals surface area contributed by atoms with E-state index in [1.54, 1.807) is 42.6 Å². The van der Waals surface area contributed by atoms with Gasteiger partial charge >= 0.3 is 5.97 Å². The summed E-state index contributed by atoms with van der Waals surface area (Å²) in [5, 5.41) is 1.93. The highest BCUT2D eigenvalue weighted by Gasteiger charge is 2.35. The van der Waals surface area contributed by atoms with Crippen LogP contribution in [0.1, 0.15) is 19.5 Å². The van der Waals surface area contributed by atoms with E-state index in [1.165, 1.54) is 24.0 Å². The van der Waals surface area contributed by atoms with E-state index in [2.05, 4.69) is 4.98 Å². The minimum absolute atomic E-state index is 0.105. The number of benzene rings is 2. The maximum atomic E-state index is 14.2. The molecule has 0 spiro atoms. The molecule has 0 fully saturated rings. The summed E-state index contributed by atoms with van der Waals surface area (Å²) in [7, 11) is 0. The quantitative estimate of drug-likeness (QED) is 0.550. The number of fused-ring (bicyclic) bond motifs is 1. The highest BCUT2D eigenvalue weighted by molar-refractivity contribution is 7.14. The molecule has 0 bridgehead atoms. The van der Waals surface area contributed by atoms with Crippen LogP contribution < -0.4 is 14.4 Å². The molecule has 1 aliphatic heterocycles. The molecule has 2 aromatic carbocycles. The molecule has 1 aromatic heterocycles. The van der Waals surface area contributed by atoms with Crippen molar-refractivity contribution in [2.75, 3.05) is 4.90 Å². The summed E-state index contributed by atoms with van der Waals surface area (Å²) in [5.74, 6) is -0.469. The predicted octanol–water partition coefficient (Wildman–Crippen LogP) is 4.24. The van der Waals surface area contributed by atoms with Crippen LogP contribution in [0, 0.1) is 5.82 Å². The second-order valence-electron chi connectivity index (χ2n) is 6.84. The van der Waals surface area contributed by atoms with Crippen molar-refractivity contribution in [3.05, 3.63) is 65.4 Å². The topological polar surface area (TPSA) is 78.0 Å². The molecular weight excluding hydrogens is 423 g/mol. The first kappa shape index (κ1) is 20.8. The minimum atomic E-state index is -0.917. The molecule has 3 aromatic rings. The van der Waals surface area contributed by atoms with E-state index in [-0.39, 0.29) is 23.3 Å². The lowest BCUT2D eigenvalue weighted by Gasteiger charge is -2.30. The largest absolute Gasteiger partial charge is 0.482 e. The van der Waals surface area contributed by atoms with Crippen molar-refractivity contribution in [2.45, 2.75) is 32.7 Å². The molecule has 1 aliphatic rings. The number of halogens is 1. The van der Waals surface area contributed by atoms with Gasteiger partial charge in [-0.2, -0.15) is 0 Å². The molecule has 9 heteroatoms. The summed E-state index contributed by atoms with van der Waals surface area (Å²) in [5.41, 5.74) is 0.536. The lowest BCUT2D eigenvalue weighted by Crippen LogP contribution is -2.44. The summed E-state index contributed by atoms with van der Waals surface area (Å²) in [4.78, 5) is 30.2. The molecule has 4 rings (SSSR count). The number of carbonyl (C=O) groups is 2. The fraction of sp³-hybridized carbons (Fsp3) is 0.227. The van der Waals surface area contributed by atoms with Crippen molar-refractivity contribution < 1.29 is 28.2 Å². The normalized spacial score (nSPS) is 17.1. The lowest BCUT2D eigenvalue weighted by atomic mass is 10.2. The first-order valence-electron chi connectivity index (χ1n) is 9.52. The lowest BCUT2D eigenvalue weighted by molar-refractivity contribution is -0.159. The van der Waals surface area contributed by atoms with Crippen LogP contribution in [0.2, 0.25) is 0 Å². The highest BCUT2D eigenvalue weighted by Crippen LogP contribution is 2.34. The van der Waals surface area contributed by atoms with Crippen molar-refractivity contribution in [3.8, 4) is 11.5 Å². The number of carbonyl (C=O) groups excluding carboxylic acids is 2. The van der Waals surface area contributed by atoms with E-state index < -0.39 is 24.0 Å². The van der Waals surface area contributed by atoms with Gasteiger partial charge in [0.1, 0.15) is 18.5 Å². The fourth-order valence-corrected chi connectivity index (χ4v) is 3.98. The number of esters is 1. The van der Waals surface area contributed by atoms with Crippen molar-refractivity contribution in [1.29, 1.82) is 0 Å². The molecular formula is C22H19FN2O5S. The van der Waals surface area contributed by atoms with E-state index in [1.807, 2.05) is 6.07 Å². The van der Waals surface area contributed by atoms with Gasteiger partial charge in [-0.25, -0.2) is 14.2 Å². The molecule has 0 unspecified atom stereocenters. The first-order valence-corrected chi connectivity index (χ1v) is 10.4. The van der Waals surface area contributed by atoms with E-state index in [4.69, 9.17) is 14.2 Å². The second kappa shape index (κ2) is 8.73. The van der Waals surface area contributed by atoms with Crippen LogP contribution >= 0.6 is 11.3 Å². The van der Waals surface area contributed by atoms with Crippen molar-refractivity contribution in [3.63, 3.8) is 0 Å². The number of rotatable bonds is 5. The number of aromatic nitrogens is 1. The minimum Gasteiger partial charge on any atom is -0.482 e. The van der Waals surface area contributed by atoms with Gasteiger partial charge in [0.15, 0.2) is 16.6 Å². The fourth-order valence-electron chi connectivity index (χ4n) is 3.11. The molecule has 1 amide bonds. The standard InChI is InChI=1S/C22H19FN2O5S/c1-13-20(30-19-10-6-5-9-18(19)29-13)21(27)28-11-15-12-31-22(24-15)25(14(2)26)17-8-4-3-7-16(17)23/h3-10,12-13,20H,11H2,1-2H3/t13-,20-/m0/s1. The van der Waals surface area contributed by atoms with Gasteiger partial charge < -0.3 is 14.2 Å². The van der Waals surface area contributed by atoms with Crippen LogP contribution in [0.25, 0.3) is 0 Å². The number of hydrogen-bond acceptors (Lipinski definition) is 7. The molecule has 0 saturated carbocycles. The summed E-state index contributed by atoms with van der Waals surface area (Å²) < 4.78 is 31.0. The van der Waals surface area contributed by atoms with Crippen molar-refractivity contribution >= 4 is 34.0 Å². The third-order valence-electron chi connectivity index (χ3n) is 4.58. The Morgan fingerprint density at radius 3 is 2.52 bits per heavy atom. The zero-order valence-electron chi connectivity index (χ0n) is 16.8. The van der Waals surface area contributed by atoms with E-state index >= 15 is 0 Å². The Morgan fingerprint density at radius 1 is 1.13 bits per heavy atom. The molecule has 0 saturated heterocycles. The van der Waals surface area contributed by atoms with Gasteiger partial charge in [-0.05, 0) is 31.2 Å². The Kier molecular flexibility index (Phi) is 5.85. The smallest absolute Gasteiger partial charge is 0.351 e. The van der Waals surface area contributed by atoms with Gasteiger partial charge in [0.25, 0.3) is 0 Å². The van der Waals surface area contributed by atoms with Crippen LogP contribution in [-0.4, -0.2) is 29.1 Å². The monoisotopic (exact) mass is 442 g/mol. The van der Waals surface area contributed by atoms with Crippen LogP contribution in [0.5, 0.6) is 11.5 Å². The molecule has 160 valence electrons. The molecule has 7 nitrogen and oxygen atoms in total. The Hall–Kier alpha value is -3.46. The van der Waals surface area contributed by atoms with Gasteiger partial charge in [0.2, 0.25) is 12.0 Å². The molecule has 0 radical (unpaired) electrons.